The van der Waals surface area contributed by atoms with Gasteiger partial charge in [-0.05, 0) is 25.1 Å². The fourth-order valence-electron chi connectivity index (χ4n) is 1.83. The Morgan fingerprint density at radius 1 is 1.43 bits per heavy atom. The molecule has 0 spiro atoms. The van der Waals surface area contributed by atoms with Crippen molar-refractivity contribution in [3.8, 4) is 0 Å². The minimum Gasteiger partial charge on any atom is -0.399 e. The molecule has 10 heteroatoms. The molecule has 1 aromatic carbocycles. The van der Waals surface area contributed by atoms with Crippen LogP contribution in [0.2, 0.25) is 10.0 Å². The summed E-state index contributed by atoms with van der Waals surface area (Å²) in [6.45, 7) is 1.15. The van der Waals surface area contributed by atoms with Gasteiger partial charge in [-0.1, -0.05) is 28.4 Å². The lowest BCUT2D eigenvalue weighted by Crippen LogP contribution is -2.48. The maximum absolute atomic E-state index is 12.0. The number of sulfonamides is 1. The number of nitrogens with two attached hydrogens (primary N) is 1. The summed E-state index contributed by atoms with van der Waals surface area (Å²) in [6, 6.07) is 3.60. The predicted octanol–water partition coefficient (Wildman–Crippen LogP) is 1.48. The first-order chi connectivity index (χ1) is 10.6. The number of hydrogen-bond acceptors (Lipinski definition) is 5. The average Bonchev–Trinajstić information content (AvgIpc) is 2.41. The van der Waals surface area contributed by atoms with Gasteiger partial charge in [0.1, 0.15) is 18.9 Å². The van der Waals surface area contributed by atoms with Crippen LogP contribution >= 0.6 is 23.2 Å². The largest absolute Gasteiger partial charge is 0.399 e. The molecule has 2 N–H and O–H groups in total. The van der Waals surface area contributed by atoms with Crippen molar-refractivity contribution in [3.63, 3.8) is 0 Å². The van der Waals surface area contributed by atoms with Gasteiger partial charge in [-0.25, -0.2) is 8.42 Å². The van der Waals surface area contributed by atoms with E-state index in [1.54, 1.807) is 12.1 Å². The highest BCUT2D eigenvalue weighted by Gasteiger charge is 2.29. The number of amides is 1. The van der Waals surface area contributed by atoms with Crippen LogP contribution in [0, 0.1) is 0 Å². The van der Waals surface area contributed by atoms with Crippen LogP contribution in [-0.4, -0.2) is 50.3 Å². The molecule has 0 saturated heterocycles. The highest BCUT2D eigenvalue weighted by Crippen LogP contribution is 2.23. The predicted molar refractivity (Wildman–Crippen MR) is 90.2 cm³/mol. The summed E-state index contributed by atoms with van der Waals surface area (Å²) >= 11 is 12.0. The fraction of sp³-hybridized carbons (Fsp3) is 0.385. The van der Waals surface area contributed by atoms with Crippen molar-refractivity contribution < 1.29 is 18.0 Å². The molecule has 0 radical (unpaired) electrons. The number of oxime groups is 1. The highest BCUT2D eigenvalue weighted by atomic mass is 35.5. The van der Waals surface area contributed by atoms with Crippen LogP contribution in [0.3, 0.4) is 0 Å². The molecule has 0 aliphatic rings. The van der Waals surface area contributed by atoms with Crippen molar-refractivity contribution >= 4 is 44.8 Å². The second kappa shape index (κ2) is 7.96. The van der Waals surface area contributed by atoms with E-state index in [0.29, 0.717) is 10.6 Å². The van der Waals surface area contributed by atoms with Crippen LogP contribution in [-0.2, 0) is 19.7 Å². The molecule has 0 heterocycles. The summed E-state index contributed by atoms with van der Waals surface area (Å²) in [6.07, 6.45) is 0.973. The van der Waals surface area contributed by atoms with Gasteiger partial charge in [0.25, 0.3) is 0 Å². The van der Waals surface area contributed by atoms with E-state index in [0.717, 1.165) is 10.6 Å². The molecule has 0 aliphatic heterocycles. The van der Waals surface area contributed by atoms with Crippen molar-refractivity contribution in [1.82, 2.24) is 4.31 Å². The van der Waals surface area contributed by atoms with Gasteiger partial charge < -0.3 is 10.6 Å². The lowest BCUT2D eigenvalue weighted by atomic mass is 10.1. The summed E-state index contributed by atoms with van der Waals surface area (Å²) < 4.78 is 24.8. The number of primary amides is 1. The molecule has 128 valence electrons. The summed E-state index contributed by atoms with van der Waals surface area (Å²) in [5.41, 5.74) is 5.86. The molecule has 1 unspecified atom stereocenters. The van der Waals surface area contributed by atoms with E-state index in [2.05, 4.69) is 5.16 Å². The third-order valence-corrected chi connectivity index (χ3v) is 4.86. The Balaban J connectivity index is 3.30. The van der Waals surface area contributed by atoms with Gasteiger partial charge >= 0.3 is 0 Å². The zero-order chi connectivity index (χ0) is 17.8. The molecular weight excluding hydrogens is 365 g/mol. The maximum atomic E-state index is 12.0. The number of nitrogens with zero attached hydrogens (tertiary/aromatic N) is 2. The second-order valence-corrected chi connectivity index (χ2v) is 7.51. The van der Waals surface area contributed by atoms with Crippen LogP contribution in [0.25, 0.3) is 0 Å². The third-order valence-electron chi connectivity index (χ3n) is 3.02. The standard InChI is InChI=1S/C13H17Cl2N3O4S/c1-8(13(16)19)18(23(3,20)21)7-12(17-22-2)10-5-4-9(14)6-11(10)15/h4-6,8H,7H2,1-3H3,(H2,16,19)/b17-12-. The molecule has 1 atom stereocenters. The molecule has 1 rings (SSSR count). The van der Waals surface area contributed by atoms with Crippen LogP contribution < -0.4 is 5.73 Å². The molecule has 1 amide bonds. The summed E-state index contributed by atoms with van der Waals surface area (Å²) in [7, 11) is -2.41. The smallest absolute Gasteiger partial charge is 0.235 e. The van der Waals surface area contributed by atoms with E-state index in [4.69, 9.17) is 33.8 Å². The Bertz CT molecular complexity index is 722. The Hall–Kier alpha value is -1.35. The number of halogens is 2. The molecule has 0 saturated carbocycles. The third kappa shape index (κ3) is 5.35. The van der Waals surface area contributed by atoms with Gasteiger partial charge in [-0.2, -0.15) is 4.31 Å². The normalized spacial score (nSPS) is 13.9. The molecule has 7 nitrogen and oxygen atoms in total. The monoisotopic (exact) mass is 381 g/mol. The van der Waals surface area contributed by atoms with Gasteiger partial charge in [0.05, 0.1) is 17.8 Å². The molecular formula is C13H17Cl2N3O4S. The Labute approximate surface area is 145 Å². The average molecular weight is 382 g/mol. The molecule has 0 fully saturated rings. The zero-order valence-corrected chi connectivity index (χ0v) is 15.1. The quantitative estimate of drug-likeness (QED) is 0.570. The van der Waals surface area contributed by atoms with E-state index in [1.165, 1.54) is 20.1 Å². The molecule has 1 aromatic rings. The molecule has 23 heavy (non-hydrogen) atoms. The van der Waals surface area contributed by atoms with Crippen LogP contribution in [0.4, 0.5) is 0 Å². The number of rotatable bonds is 7. The van der Waals surface area contributed by atoms with Crippen molar-refractivity contribution in [2.24, 2.45) is 10.9 Å². The van der Waals surface area contributed by atoms with Crippen LogP contribution in [0.15, 0.2) is 23.4 Å². The van der Waals surface area contributed by atoms with Crippen LogP contribution in [0.5, 0.6) is 0 Å². The van der Waals surface area contributed by atoms with Crippen molar-refractivity contribution in [1.29, 1.82) is 0 Å². The first-order valence-electron chi connectivity index (χ1n) is 6.39. The van der Waals surface area contributed by atoms with Crippen LogP contribution in [0.1, 0.15) is 12.5 Å². The van der Waals surface area contributed by atoms with E-state index in [-0.39, 0.29) is 17.3 Å². The summed E-state index contributed by atoms with van der Waals surface area (Å²) in [5, 5.41) is 4.50. The number of hydrogen-bond donors (Lipinski definition) is 1. The first kappa shape index (κ1) is 19.7. The van der Waals surface area contributed by atoms with E-state index in [1.807, 2.05) is 0 Å². The van der Waals surface area contributed by atoms with E-state index >= 15 is 0 Å². The van der Waals surface area contributed by atoms with E-state index < -0.39 is 22.0 Å². The van der Waals surface area contributed by atoms with E-state index in [9.17, 15) is 13.2 Å². The van der Waals surface area contributed by atoms with Gasteiger partial charge in [-0.3, -0.25) is 4.79 Å². The number of carbonyl (C=O) groups is 1. The Kier molecular flexibility index (Phi) is 6.82. The SMILES string of the molecule is CO/N=C(/CN(C(C)C(N)=O)S(C)(=O)=O)c1ccc(Cl)cc1Cl. The Morgan fingerprint density at radius 2 is 2.04 bits per heavy atom. The number of benzene rings is 1. The molecule has 0 aromatic heterocycles. The minimum absolute atomic E-state index is 0.215. The second-order valence-electron chi connectivity index (χ2n) is 4.73. The van der Waals surface area contributed by atoms with Gasteiger partial charge in [0, 0.05) is 10.6 Å². The maximum Gasteiger partial charge on any atom is 0.235 e. The fourth-order valence-corrected chi connectivity index (χ4v) is 3.38. The van der Waals surface area contributed by atoms with Crippen molar-refractivity contribution in [2.45, 2.75) is 13.0 Å². The molecule has 0 bridgehead atoms. The van der Waals surface area contributed by atoms with Crippen molar-refractivity contribution in [3.05, 3.63) is 33.8 Å². The van der Waals surface area contributed by atoms with Gasteiger partial charge in [0.2, 0.25) is 15.9 Å². The Morgan fingerprint density at radius 3 is 2.48 bits per heavy atom. The minimum atomic E-state index is -3.72. The summed E-state index contributed by atoms with van der Waals surface area (Å²) in [4.78, 5) is 16.1. The molecule has 0 aliphatic carbocycles. The zero-order valence-electron chi connectivity index (χ0n) is 12.8. The lowest BCUT2D eigenvalue weighted by molar-refractivity contribution is -0.121. The number of carbonyl (C=O) groups excluding carboxylic acids is 1. The van der Waals surface area contributed by atoms with Gasteiger partial charge in [0.15, 0.2) is 0 Å². The lowest BCUT2D eigenvalue weighted by Gasteiger charge is -2.25. The van der Waals surface area contributed by atoms with Gasteiger partial charge in [-0.15, -0.1) is 0 Å². The topological polar surface area (TPSA) is 102 Å². The summed E-state index contributed by atoms with van der Waals surface area (Å²) in [5.74, 6) is -0.783. The van der Waals surface area contributed by atoms with Crippen molar-refractivity contribution in [2.75, 3.05) is 19.9 Å². The highest BCUT2D eigenvalue weighted by molar-refractivity contribution is 7.88. The first-order valence-corrected chi connectivity index (χ1v) is 9.00.